The summed E-state index contributed by atoms with van der Waals surface area (Å²) in [6.45, 7) is 2.44. The number of fused-ring (bicyclic) bond motifs is 6. The SMILES string of the molecule is C#CCn1c(C)c(C=NN2C(=O)[C@@H]3[C@H](C2=O)[C@H]2C=C[C@H]3C2)c2ccccc21. The number of terminal acetylenes is 1. The smallest absolute Gasteiger partial charge is 0.254 e. The molecule has 2 aromatic rings. The Hall–Kier alpha value is -3.13. The number of amides is 2. The van der Waals surface area contributed by atoms with Crippen LogP contribution in [-0.4, -0.2) is 27.6 Å². The molecule has 3 aliphatic rings. The number of hydrogen-bond donors (Lipinski definition) is 0. The van der Waals surface area contributed by atoms with Gasteiger partial charge in [0.2, 0.25) is 0 Å². The van der Waals surface area contributed by atoms with Crippen molar-refractivity contribution in [3.63, 3.8) is 0 Å². The number of carbonyl (C=O) groups is 2. The van der Waals surface area contributed by atoms with Gasteiger partial charge in [-0.1, -0.05) is 36.3 Å². The van der Waals surface area contributed by atoms with Gasteiger partial charge in [0.1, 0.15) is 0 Å². The molecule has 0 N–H and O–H groups in total. The maximum Gasteiger partial charge on any atom is 0.254 e. The lowest BCUT2D eigenvalue weighted by molar-refractivity contribution is -0.140. The lowest BCUT2D eigenvalue weighted by Gasteiger charge is -2.13. The molecular formula is C22H19N3O2. The quantitative estimate of drug-likeness (QED) is 0.367. The van der Waals surface area contributed by atoms with Gasteiger partial charge in [-0.25, -0.2) is 0 Å². The van der Waals surface area contributed by atoms with Crippen molar-refractivity contribution in [1.29, 1.82) is 0 Å². The van der Waals surface area contributed by atoms with Crippen LogP contribution in [0.4, 0.5) is 0 Å². The second-order valence-electron chi connectivity index (χ2n) is 7.54. The molecule has 5 nitrogen and oxygen atoms in total. The van der Waals surface area contributed by atoms with Crippen LogP contribution in [0, 0.1) is 42.9 Å². The van der Waals surface area contributed by atoms with Crippen molar-refractivity contribution in [3.8, 4) is 12.3 Å². The van der Waals surface area contributed by atoms with Crippen LogP contribution in [0.1, 0.15) is 17.7 Å². The molecule has 0 unspecified atom stereocenters. The van der Waals surface area contributed by atoms with Crippen molar-refractivity contribution in [2.24, 2.45) is 28.8 Å². The van der Waals surface area contributed by atoms with Crippen molar-refractivity contribution < 1.29 is 9.59 Å². The highest BCUT2D eigenvalue weighted by Gasteiger charge is 2.59. The molecule has 5 rings (SSSR count). The first-order chi connectivity index (χ1) is 13.1. The number of nitrogens with zero attached hydrogens (tertiary/aromatic N) is 3. The van der Waals surface area contributed by atoms with Gasteiger partial charge in [-0.3, -0.25) is 9.59 Å². The molecule has 1 aromatic heterocycles. The summed E-state index contributed by atoms with van der Waals surface area (Å²) < 4.78 is 2.04. The summed E-state index contributed by atoms with van der Waals surface area (Å²) in [7, 11) is 0. The molecule has 1 aliphatic heterocycles. The molecule has 27 heavy (non-hydrogen) atoms. The number of imide groups is 1. The highest BCUT2D eigenvalue weighted by atomic mass is 16.2. The molecule has 2 amide bonds. The third-order valence-corrected chi connectivity index (χ3v) is 6.28. The van der Waals surface area contributed by atoms with Crippen LogP contribution < -0.4 is 0 Å². The third-order valence-electron chi connectivity index (χ3n) is 6.28. The number of benzene rings is 1. The molecule has 2 fully saturated rings. The van der Waals surface area contributed by atoms with Crippen molar-refractivity contribution >= 4 is 28.9 Å². The van der Waals surface area contributed by atoms with E-state index in [2.05, 4.69) is 23.2 Å². The maximum atomic E-state index is 12.8. The normalized spacial score (nSPS) is 28.7. The van der Waals surface area contributed by atoms with Crippen molar-refractivity contribution in [1.82, 2.24) is 9.58 Å². The Balaban J connectivity index is 1.52. The monoisotopic (exact) mass is 357 g/mol. The first kappa shape index (κ1) is 16.1. The number of rotatable bonds is 3. The molecular weight excluding hydrogens is 338 g/mol. The average molecular weight is 357 g/mol. The van der Waals surface area contributed by atoms with E-state index in [0.717, 1.165) is 33.6 Å². The van der Waals surface area contributed by atoms with E-state index in [-0.39, 0.29) is 35.5 Å². The van der Waals surface area contributed by atoms with E-state index < -0.39 is 0 Å². The van der Waals surface area contributed by atoms with Gasteiger partial charge in [0.15, 0.2) is 0 Å². The number of hydrogen-bond acceptors (Lipinski definition) is 3. The lowest BCUT2D eigenvalue weighted by Crippen LogP contribution is -2.28. The van der Waals surface area contributed by atoms with Gasteiger partial charge in [0.25, 0.3) is 11.8 Å². The van der Waals surface area contributed by atoms with Gasteiger partial charge in [-0.15, -0.1) is 6.42 Å². The van der Waals surface area contributed by atoms with Gasteiger partial charge in [0.05, 0.1) is 24.6 Å². The standard InChI is InChI=1S/C22H19N3O2/c1-3-10-24-13(2)17(16-6-4-5-7-18(16)24)12-23-25-21(26)19-14-8-9-15(11-14)20(19)22(25)27/h1,4-9,12,14-15,19-20H,10-11H2,2H3/t14-,15-,19-,20+/m0/s1. The van der Waals surface area contributed by atoms with Crippen LogP contribution in [0.2, 0.25) is 0 Å². The predicted molar refractivity (Wildman–Crippen MR) is 103 cm³/mol. The van der Waals surface area contributed by atoms with Gasteiger partial charge in [-0.05, 0) is 31.2 Å². The fourth-order valence-electron chi connectivity index (χ4n) is 5.03. The second kappa shape index (κ2) is 5.68. The molecule has 0 spiro atoms. The fourth-order valence-corrected chi connectivity index (χ4v) is 5.03. The molecule has 1 aromatic carbocycles. The van der Waals surface area contributed by atoms with Crippen LogP contribution in [0.5, 0.6) is 0 Å². The zero-order chi connectivity index (χ0) is 18.7. The van der Waals surface area contributed by atoms with Crippen LogP contribution in [0.25, 0.3) is 10.9 Å². The van der Waals surface area contributed by atoms with E-state index in [4.69, 9.17) is 6.42 Å². The van der Waals surface area contributed by atoms with Crippen molar-refractivity contribution in [2.75, 3.05) is 0 Å². The fraction of sp³-hybridized carbons (Fsp3) is 0.318. The Morgan fingerprint density at radius 3 is 2.52 bits per heavy atom. The highest BCUT2D eigenvalue weighted by molar-refractivity contribution is 6.08. The number of allylic oxidation sites excluding steroid dienone is 2. The second-order valence-corrected chi connectivity index (χ2v) is 7.54. The first-order valence-electron chi connectivity index (χ1n) is 9.23. The molecule has 5 heteroatoms. The minimum Gasteiger partial charge on any atom is -0.333 e. The van der Waals surface area contributed by atoms with E-state index in [1.54, 1.807) is 6.21 Å². The number of para-hydroxylation sites is 1. The molecule has 1 saturated carbocycles. The summed E-state index contributed by atoms with van der Waals surface area (Å²) in [6.07, 6.45) is 12.2. The Bertz CT molecular complexity index is 1050. The zero-order valence-corrected chi connectivity index (χ0v) is 15.0. The van der Waals surface area contributed by atoms with E-state index in [1.807, 2.05) is 35.8 Å². The van der Waals surface area contributed by atoms with Crippen molar-refractivity contribution in [3.05, 3.63) is 47.7 Å². The van der Waals surface area contributed by atoms with Gasteiger partial charge in [-0.2, -0.15) is 10.1 Å². The van der Waals surface area contributed by atoms with E-state index >= 15 is 0 Å². The van der Waals surface area contributed by atoms with Crippen LogP contribution in [0.3, 0.4) is 0 Å². The van der Waals surface area contributed by atoms with Gasteiger partial charge < -0.3 is 4.57 Å². The van der Waals surface area contributed by atoms with E-state index in [1.165, 1.54) is 0 Å². The topological polar surface area (TPSA) is 54.7 Å². The van der Waals surface area contributed by atoms with E-state index in [0.29, 0.717) is 6.54 Å². The third kappa shape index (κ3) is 2.10. The largest absolute Gasteiger partial charge is 0.333 e. The summed E-state index contributed by atoms with van der Waals surface area (Å²) in [5.74, 6) is 2.28. The Kier molecular flexibility index (Phi) is 3.38. The van der Waals surface area contributed by atoms with Gasteiger partial charge in [0, 0.05) is 22.2 Å². The summed E-state index contributed by atoms with van der Waals surface area (Å²) in [5, 5.41) is 6.44. The van der Waals surface area contributed by atoms with Crippen molar-refractivity contribution in [2.45, 2.75) is 19.9 Å². The summed E-state index contributed by atoms with van der Waals surface area (Å²) in [5.41, 5.74) is 2.88. The minimum absolute atomic E-state index is 0.164. The zero-order valence-electron chi connectivity index (χ0n) is 15.0. The minimum atomic E-state index is -0.228. The summed E-state index contributed by atoms with van der Waals surface area (Å²) >= 11 is 0. The lowest BCUT2D eigenvalue weighted by atomic mass is 9.85. The Morgan fingerprint density at radius 2 is 1.85 bits per heavy atom. The molecule has 2 bridgehead atoms. The molecule has 0 radical (unpaired) electrons. The first-order valence-corrected chi connectivity index (χ1v) is 9.23. The highest BCUT2D eigenvalue weighted by Crippen LogP contribution is 2.52. The average Bonchev–Trinajstić information content (AvgIpc) is 3.40. The Morgan fingerprint density at radius 1 is 1.19 bits per heavy atom. The predicted octanol–water partition coefficient (Wildman–Crippen LogP) is 2.72. The summed E-state index contributed by atoms with van der Waals surface area (Å²) in [4.78, 5) is 25.6. The summed E-state index contributed by atoms with van der Waals surface area (Å²) in [6, 6.07) is 7.94. The Labute approximate surface area is 157 Å². The van der Waals surface area contributed by atoms with Crippen LogP contribution in [-0.2, 0) is 16.1 Å². The maximum absolute atomic E-state index is 12.8. The number of aromatic nitrogens is 1. The van der Waals surface area contributed by atoms with Gasteiger partial charge >= 0.3 is 0 Å². The molecule has 1 saturated heterocycles. The molecule has 2 aliphatic carbocycles. The van der Waals surface area contributed by atoms with Crippen LogP contribution in [0.15, 0.2) is 41.5 Å². The number of carbonyl (C=O) groups excluding carboxylic acids is 2. The molecule has 134 valence electrons. The number of hydrazone groups is 1. The molecule has 2 heterocycles. The van der Waals surface area contributed by atoms with E-state index in [9.17, 15) is 9.59 Å². The van der Waals surface area contributed by atoms with Crippen LogP contribution >= 0.6 is 0 Å². The molecule has 4 atom stereocenters.